The monoisotopic (exact) mass is 338 g/mol. The topological polar surface area (TPSA) is 50.4 Å². The summed E-state index contributed by atoms with van der Waals surface area (Å²) in [4.78, 5) is 12.1. The van der Waals surface area contributed by atoms with Crippen molar-refractivity contribution in [1.82, 2.24) is 10.6 Å². The number of rotatable bonds is 9. The van der Waals surface area contributed by atoms with E-state index in [-0.39, 0.29) is 11.8 Å². The number of ether oxygens (including phenoxy) is 1. The maximum Gasteiger partial charge on any atom is 0.223 e. The Morgan fingerprint density at radius 1 is 1.08 bits per heavy atom. The summed E-state index contributed by atoms with van der Waals surface area (Å²) < 4.78 is 5.81. The fourth-order valence-electron chi connectivity index (χ4n) is 3.01. The molecular weight excluding hydrogens is 312 g/mol. The van der Waals surface area contributed by atoms with Gasteiger partial charge in [0.05, 0.1) is 0 Å². The van der Waals surface area contributed by atoms with Gasteiger partial charge in [0.15, 0.2) is 0 Å². The van der Waals surface area contributed by atoms with Gasteiger partial charge in [-0.05, 0) is 55.6 Å². The van der Waals surface area contributed by atoms with Crippen molar-refractivity contribution in [2.45, 2.75) is 25.4 Å². The summed E-state index contributed by atoms with van der Waals surface area (Å²) >= 11 is 0. The Bertz CT molecular complexity index is 670. The quantitative estimate of drug-likeness (QED) is 0.691. The summed E-state index contributed by atoms with van der Waals surface area (Å²) in [6.07, 6.45) is 1.91. The van der Waals surface area contributed by atoms with E-state index in [9.17, 15) is 4.79 Å². The molecule has 4 heteroatoms. The minimum atomic E-state index is 0.130. The summed E-state index contributed by atoms with van der Waals surface area (Å²) in [6, 6.07) is 18.3. The van der Waals surface area contributed by atoms with Gasteiger partial charge < -0.3 is 15.4 Å². The van der Waals surface area contributed by atoms with Gasteiger partial charge in [-0.25, -0.2) is 0 Å². The van der Waals surface area contributed by atoms with Crippen LogP contribution in [0.1, 0.15) is 29.9 Å². The molecule has 25 heavy (non-hydrogen) atoms. The standard InChI is InChI=1S/C21H26N2O2/c1-22-12-5-13-23-21(24)20-14-19(20)17-8-10-18(11-9-17)25-15-16-6-3-2-4-7-16/h2-4,6-11,19-20,22H,5,12-15H2,1H3,(H,23,24). The lowest BCUT2D eigenvalue weighted by Crippen LogP contribution is -2.28. The Labute approximate surface area is 149 Å². The zero-order valence-corrected chi connectivity index (χ0v) is 14.7. The van der Waals surface area contributed by atoms with Gasteiger partial charge in [0.2, 0.25) is 5.91 Å². The fourth-order valence-corrected chi connectivity index (χ4v) is 3.01. The van der Waals surface area contributed by atoms with Crippen LogP contribution in [0.4, 0.5) is 0 Å². The van der Waals surface area contributed by atoms with Crippen molar-refractivity contribution in [3.8, 4) is 5.75 Å². The van der Waals surface area contributed by atoms with E-state index in [2.05, 4.69) is 34.9 Å². The van der Waals surface area contributed by atoms with Gasteiger partial charge in [-0.15, -0.1) is 0 Å². The van der Waals surface area contributed by atoms with Gasteiger partial charge in [0.25, 0.3) is 0 Å². The molecule has 0 saturated heterocycles. The number of benzene rings is 2. The molecule has 1 amide bonds. The third-order valence-corrected chi connectivity index (χ3v) is 4.59. The highest BCUT2D eigenvalue weighted by atomic mass is 16.5. The molecule has 1 fully saturated rings. The average molecular weight is 338 g/mol. The Morgan fingerprint density at radius 2 is 1.84 bits per heavy atom. The van der Waals surface area contributed by atoms with Crippen LogP contribution in [-0.4, -0.2) is 26.0 Å². The maximum atomic E-state index is 12.1. The highest BCUT2D eigenvalue weighted by molar-refractivity contribution is 5.82. The van der Waals surface area contributed by atoms with Gasteiger partial charge in [-0.2, -0.15) is 0 Å². The number of hydrogen-bond donors (Lipinski definition) is 2. The van der Waals surface area contributed by atoms with E-state index in [4.69, 9.17) is 4.74 Å². The van der Waals surface area contributed by atoms with Crippen molar-refractivity contribution >= 4 is 5.91 Å². The molecule has 3 rings (SSSR count). The lowest BCUT2D eigenvalue weighted by molar-refractivity contribution is -0.122. The van der Waals surface area contributed by atoms with Crippen LogP contribution in [-0.2, 0) is 11.4 Å². The van der Waals surface area contributed by atoms with Crippen molar-refractivity contribution in [3.63, 3.8) is 0 Å². The van der Waals surface area contributed by atoms with Crippen LogP contribution in [0.3, 0.4) is 0 Å². The summed E-state index contributed by atoms with van der Waals surface area (Å²) in [7, 11) is 1.92. The minimum absolute atomic E-state index is 0.130. The van der Waals surface area contributed by atoms with Crippen molar-refractivity contribution in [1.29, 1.82) is 0 Å². The van der Waals surface area contributed by atoms with Gasteiger partial charge in [0, 0.05) is 12.5 Å². The third kappa shape index (κ3) is 5.07. The third-order valence-electron chi connectivity index (χ3n) is 4.59. The van der Waals surface area contributed by atoms with Crippen molar-refractivity contribution < 1.29 is 9.53 Å². The summed E-state index contributed by atoms with van der Waals surface area (Å²) in [5.74, 6) is 1.53. The first-order valence-corrected chi connectivity index (χ1v) is 8.97. The SMILES string of the molecule is CNCCCNC(=O)C1CC1c1ccc(OCc2ccccc2)cc1. The summed E-state index contributed by atoms with van der Waals surface area (Å²) in [5, 5.41) is 6.11. The smallest absolute Gasteiger partial charge is 0.223 e. The molecule has 4 nitrogen and oxygen atoms in total. The zero-order valence-electron chi connectivity index (χ0n) is 14.7. The number of carbonyl (C=O) groups is 1. The highest BCUT2D eigenvalue weighted by Gasteiger charge is 2.43. The lowest BCUT2D eigenvalue weighted by atomic mass is 10.1. The molecule has 2 aromatic carbocycles. The molecule has 132 valence electrons. The molecular formula is C21H26N2O2. The fraction of sp³-hybridized carbons (Fsp3) is 0.381. The molecule has 1 aliphatic carbocycles. The lowest BCUT2D eigenvalue weighted by Gasteiger charge is -2.08. The van der Waals surface area contributed by atoms with Crippen LogP contribution in [0.2, 0.25) is 0 Å². The van der Waals surface area contributed by atoms with Crippen LogP contribution in [0, 0.1) is 5.92 Å². The molecule has 1 aliphatic rings. The maximum absolute atomic E-state index is 12.1. The predicted octanol–water partition coefficient (Wildman–Crippen LogP) is 3.09. The number of hydrogen-bond acceptors (Lipinski definition) is 3. The Balaban J connectivity index is 1.44. The summed E-state index contributed by atoms with van der Waals surface area (Å²) in [6.45, 7) is 2.25. The Hall–Kier alpha value is -2.33. The normalized spacial score (nSPS) is 18.6. The van der Waals surface area contributed by atoms with E-state index in [1.54, 1.807) is 0 Å². The molecule has 2 N–H and O–H groups in total. The molecule has 2 aromatic rings. The molecule has 2 unspecified atom stereocenters. The second-order valence-electron chi connectivity index (χ2n) is 6.54. The van der Waals surface area contributed by atoms with E-state index in [0.29, 0.717) is 12.5 Å². The molecule has 0 bridgehead atoms. The summed E-state index contributed by atoms with van der Waals surface area (Å²) in [5.41, 5.74) is 2.38. The molecule has 0 heterocycles. The van der Waals surface area contributed by atoms with Gasteiger partial charge >= 0.3 is 0 Å². The van der Waals surface area contributed by atoms with Gasteiger partial charge in [-0.3, -0.25) is 4.79 Å². The van der Waals surface area contributed by atoms with E-state index < -0.39 is 0 Å². The van der Waals surface area contributed by atoms with Crippen LogP contribution in [0.25, 0.3) is 0 Å². The van der Waals surface area contributed by atoms with Crippen LogP contribution in [0.15, 0.2) is 54.6 Å². The second kappa shape index (κ2) is 8.67. The number of amides is 1. The molecule has 0 spiro atoms. The van der Waals surface area contributed by atoms with E-state index in [1.807, 2.05) is 37.4 Å². The zero-order chi connectivity index (χ0) is 17.5. The average Bonchev–Trinajstić information content (AvgIpc) is 3.46. The van der Waals surface area contributed by atoms with Gasteiger partial charge in [-0.1, -0.05) is 42.5 Å². The second-order valence-corrected chi connectivity index (χ2v) is 6.54. The van der Waals surface area contributed by atoms with E-state index in [0.717, 1.165) is 37.2 Å². The van der Waals surface area contributed by atoms with Crippen molar-refractivity contribution in [2.24, 2.45) is 5.92 Å². The first kappa shape index (κ1) is 17.5. The predicted molar refractivity (Wildman–Crippen MR) is 99.6 cm³/mol. The van der Waals surface area contributed by atoms with Crippen LogP contribution < -0.4 is 15.4 Å². The van der Waals surface area contributed by atoms with Gasteiger partial charge in [0.1, 0.15) is 12.4 Å². The Kier molecular flexibility index (Phi) is 6.07. The molecule has 0 radical (unpaired) electrons. The van der Waals surface area contributed by atoms with Crippen molar-refractivity contribution in [2.75, 3.05) is 20.1 Å². The first-order chi connectivity index (χ1) is 12.3. The van der Waals surface area contributed by atoms with E-state index in [1.165, 1.54) is 5.56 Å². The van der Waals surface area contributed by atoms with E-state index >= 15 is 0 Å². The Morgan fingerprint density at radius 3 is 2.56 bits per heavy atom. The first-order valence-electron chi connectivity index (χ1n) is 8.97. The molecule has 0 aliphatic heterocycles. The number of nitrogens with one attached hydrogen (secondary N) is 2. The number of carbonyl (C=O) groups excluding carboxylic acids is 1. The molecule has 1 saturated carbocycles. The van der Waals surface area contributed by atoms with Crippen LogP contribution in [0.5, 0.6) is 5.75 Å². The van der Waals surface area contributed by atoms with Crippen molar-refractivity contribution in [3.05, 3.63) is 65.7 Å². The molecule has 0 aromatic heterocycles. The minimum Gasteiger partial charge on any atom is -0.489 e. The highest BCUT2D eigenvalue weighted by Crippen LogP contribution is 2.47. The molecule has 2 atom stereocenters. The largest absolute Gasteiger partial charge is 0.489 e. The van der Waals surface area contributed by atoms with Crippen LogP contribution >= 0.6 is 0 Å².